The van der Waals surface area contributed by atoms with Gasteiger partial charge in [0.1, 0.15) is 0 Å². The van der Waals surface area contributed by atoms with Gasteiger partial charge >= 0.3 is 0 Å². The average Bonchev–Trinajstić information content (AvgIpc) is 2.40. The molecule has 0 aromatic rings. The van der Waals surface area contributed by atoms with Gasteiger partial charge in [-0.3, -0.25) is 9.59 Å². The fraction of sp³-hybridized carbons (Fsp3) is 0.833. The molecule has 0 saturated carbocycles. The van der Waals surface area contributed by atoms with Crippen molar-refractivity contribution in [1.29, 1.82) is 0 Å². The van der Waals surface area contributed by atoms with Crippen molar-refractivity contribution in [2.45, 2.75) is 12.8 Å². The summed E-state index contributed by atoms with van der Waals surface area (Å²) in [5.74, 6) is -0.124. The molecule has 0 aliphatic carbocycles. The predicted octanol–water partition coefficient (Wildman–Crippen LogP) is -1.12. The van der Waals surface area contributed by atoms with Gasteiger partial charge in [-0.15, -0.1) is 0 Å². The molecule has 7 heteroatoms. The lowest BCUT2D eigenvalue weighted by Gasteiger charge is -2.07. The van der Waals surface area contributed by atoms with Crippen molar-refractivity contribution >= 4 is 11.8 Å². The molecule has 0 saturated heterocycles. The maximum absolute atomic E-state index is 11.3. The topological polar surface area (TPSA) is 88.7 Å². The lowest BCUT2D eigenvalue weighted by atomic mass is 10.4. The first-order valence-electron chi connectivity index (χ1n) is 6.42. The van der Waals surface area contributed by atoms with Crippen LogP contribution in [0.2, 0.25) is 0 Å². The van der Waals surface area contributed by atoms with Crippen LogP contribution in [0.5, 0.6) is 0 Å². The third kappa shape index (κ3) is 13.1. The number of carbonyl (C=O) groups excluding carboxylic acids is 2. The quantitative estimate of drug-likeness (QED) is 0.393. The normalized spacial score (nSPS) is 10.2. The number of amides is 2. The Morgan fingerprint density at radius 1 is 0.895 bits per heavy atom. The van der Waals surface area contributed by atoms with Gasteiger partial charge in [-0.1, -0.05) is 0 Å². The highest BCUT2D eigenvalue weighted by Crippen LogP contribution is 1.79. The second-order valence-electron chi connectivity index (χ2n) is 3.97. The Labute approximate surface area is 114 Å². The van der Waals surface area contributed by atoms with Crippen LogP contribution in [0.1, 0.15) is 12.8 Å². The van der Waals surface area contributed by atoms with E-state index in [1.54, 1.807) is 14.2 Å². The van der Waals surface area contributed by atoms with Crippen LogP contribution in [0.4, 0.5) is 0 Å². The average molecular weight is 275 g/mol. The highest BCUT2D eigenvalue weighted by atomic mass is 16.5. The molecule has 0 unspecified atom stereocenters. The van der Waals surface area contributed by atoms with Gasteiger partial charge in [-0.25, -0.2) is 0 Å². The molecule has 0 heterocycles. The summed E-state index contributed by atoms with van der Waals surface area (Å²) >= 11 is 0. The lowest BCUT2D eigenvalue weighted by Crippen LogP contribution is -2.36. The molecule has 2 amide bonds. The molecule has 0 aromatic carbocycles. The minimum atomic E-state index is -0.0732. The zero-order chi connectivity index (χ0) is 14.3. The monoisotopic (exact) mass is 275 g/mol. The molecule has 7 nitrogen and oxygen atoms in total. The van der Waals surface area contributed by atoms with Crippen molar-refractivity contribution in [2.75, 3.05) is 53.6 Å². The van der Waals surface area contributed by atoms with E-state index >= 15 is 0 Å². The third-order valence-electron chi connectivity index (χ3n) is 2.29. The molecule has 0 atom stereocenters. The Hall–Kier alpha value is -1.18. The van der Waals surface area contributed by atoms with E-state index in [-0.39, 0.29) is 18.4 Å². The molecule has 0 aliphatic rings. The Morgan fingerprint density at radius 3 is 2.26 bits per heavy atom. The number of hydrogen-bond donors (Lipinski definition) is 3. The first-order valence-corrected chi connectivity index (χ1v) is 6.42. The summed E-state index contributed by atoms with van der Waals surface area (Å²) in [7, 11) is 3.21. The molecule has 112 valence electrons. The SMILES string of the molecule is COCCCNC(=O)CNCCC(=O)NCCOC. The Morgan fingerprint density at radius 2 is 1.58 bits per heavy atom. The molecule has 0 aliphatic heterocycles. The summed E-state index contributed by atoms with van der Waals surface area (Å²) in [5, 5.41) is 8.36. The number of carbonyl (C=O) groups is 2. The largest absolute Gasteiger partial charge is 0.385 e. The Bertz CT molecular complexity index is 249. The summed E-state index contributed by atoms with van der Waals surface area (Å²) in [4.78, 5) is 22.6. The summed E-state index contributed by atoms with van der Waals surface area (Å²) in [6.45, 7) is 2.95. The van der Waals surface area contributed by atoms with Crippen molar-refractivity contribution in [1.82, 2.24) is 16.0 Å². The standard InChI is InChI=1S/C12H25N3O4/c1-18-8-3-5-14-12(17)10-13-6-4-11(16)15-7-9-19-2/h13H,3-10H2,1-2H3,(H,14,17)(H,15,16). The molecule has 0 fully saturated rings. The smallest absolute Gasteiger partial charge is 0.233 e. The molecule has 0 radical (unpaired) electrons. The van der Waals surface area contributed by atoms with Crippen LogP contribution in [-0.2, 0) is 19.1 Å². The van der Waals surface area contributed by atoms with Gasteiger partial charge in [0.05, 0.1) is 13.2 Å². The number of methoxy groups -OCH3 is 2. The van der Waals surface area contributed by atoms with E-state index in [9.17, 15) is 9.59 Å². The van der Waals surface area contributed by atoms with Gasteiger partial charge in [0.2, 0.25) is 11.8 Å². The van der Waals surface area contributed by atoms with Crippen LogP contribution in [-0.4, -0.2) is 65.4 Å². The summed E-state index contributed by atoms with van der Waals surface area (Å²) in [6, 6.07) is 0. The maximum atomic E-state index is 11.3. The molecule has 0 bridgehead atoms. The van der Waals surface area contributed by atoms with Crippen LogP contribution in [0, 0.1) is 0 Å². The highest BCUT2D eigenvalue weighted by Gasteiger charge is 2.02. The second-order valence-corrected chi connectivity index (χ2v) is 3.97. The van der Waals surface area contributed by atoms with Crippen molar-refractivity contribution < 1.29 is 19.1 Å². The van der Waals surface area contributed by atoms with E-state index in [2.05, 4.69) is 16.0 Å². The number of ether oxygens (including phenoxy) is 2. The van der Waals surface area contributed by atoms with Crippen LogP contribution in [0.15, 0.2) is 0 Å². The first kappa shape index (κ1) is 17.8. The van der Waals surface area contributed by atoms with Crippen LogP contribution >= 0.6 is 0 Å². The van der Waals surface area contributed by atoms with Crippen molar-refractivity contribution in [3.05, 3.63) is 0 Å². The molecular weight excluding hydrogens is 250 g/mol. The van der Waals surface area contributed by atoms with Crippen molar-refractivity contribution in [3.8, 4) is 0 Å². The van der Waals surface area contributed by atoms with E-state index in [4.69, 9.17) is 9.47 Å². The molecule has 0 spiro atoms. The number of nitrogens with one attached hydrogen (secondary N) is 3. The van der Waals surface area contributed by atoms with Crippen molar-refractivity contribution in [2.24, 2.45) is 0 Å². The van der Waals surface area contributed by atoms with Gasteiger partial charge < -0.3 is 25.4 Å². The third-order valence-corrected chi connectivity index (χ3v) is 2.29. The van der Waals surface area contributed by atoms with E-state index < -0.39 is 0 Å². The van der Waals surface area contributed by atoms with Crippen molar-refractivity contribution in [3.63, 3.8) is 0 Å². The van der Waals surface area contributed by atoms with Crippen LogP contribution in [0.25, 0.3) is 0 Å². The summed E-state index contributed by atoms with van der Waals surface area (Å²) < 4.78 is 9.68. The second kappa shape index (κ2) is 13.3. The van der Waals surface area contributed by atoms with Gasteiger partial charge in [0.15, 0.2) is 0 Å². The molecule has 3 N–H and O–H groups in total. The van der Waals surface area contributed by atoms with E-state index in [0.717, 1.165) is 6.42 Å². The van der Waals surface area contributed by atoms with Gasteiger partial charge in [0, 0.05) is 46.9 Å². The number of rotatable bonds is 12. The highest BCUT2D eigenvalue weighted by molar-refractivity contribution is 5.78. The lowest BCUT2D eigenvalue weighted by molar-refractivity contribution is -0.122. The summed E-state index contributed by atoms with van der Waals surface area (Å²) in [6.07, 6.45) is 1.14. The zero-order valence-corrected chi connectivity index (χ0v) is 11.8. The predicted molar refractivity (Wildman–Crippen MR) is 71.9 cm³/mol. The zero-order valence-electron chi connectivity index (χ0n) is 11.8. The van der Waals surface area contributed by atoms with Crippen LogP contribution < -0.4 is 16.0 Å². The molecule has 0 aromatic heterocycles. The molecular formula is C12H25N3O4. The first-order chi connectivity index (χ1) is 9.20. The molecule has 19 heavy (non-hydrogen) atoms. The maximum Gasteiger partial charge on any atom is 0.233 e. The summed E-state index contributed by atoms with van der Waals surface area (Å²) in [5.41, 5.74) is 0. The van der Waals surface area contributed by atoms with E-state index in [0.29, 0.717) is 39.3 Å². The minimum Gasteiger partial charge on any atom is -0.385 e. The van der Waals surface area contributed by atoms with Gasteiger partial charge in [-0.05, 0) is 6.42 Å². The van der Waals surface area contributed by atoms with E-state index in [1.165, 1.54) is 0 Å². The van der Waals surface area contributed by atoms with Gasteiger partial charge in [0.25, 0.3) is 0 Å². The fourth-order valence-corrected chi connectivity index (χ4v) is 1.29. The minimum absolute atomic E-state index is 0.0509. The number of hydrogen-bond acceptors (Lipinski definition) is 5. The Kier molecular flexibility index (Phi) is 12.4. The Balaban J connectivity index is 3.32. The molecule has 0 rings (SSSR count). The fourth-order valence-electron chi connectivity index (χ4n) is 1.29. The van der Waals surface area contributed by atoms with E-state index in [1.807, 2.05) is 0 Å². The van der Waals surface area contributed by atoms with Crippen LogP contribution in [0.3, 0.4) is 0 Å². The van der Waals surface area contributed by atoms with Gasteiger partial charge in [-0.2, -0.15) is 0 Å².